The zero-order chi connectivity index (χ0) is 14.7. The Labute approximate surface area is 122 Å². The first-order valence-corrected chi connectivity index (χ1v) is 6.83. The first kappa shape index (κ1) is 13.2. The summed E-state index contributed by atoms with van der Waals surface area (Å²) in [5, 5.41) is 16.0. The Kier molecular flexibility index (Phi) is 3.56. The highest BCUT2D eigenvalue weighted by Gasteiger charge is 2.24. The summed E-state index contributed by atoms with van der Waals surface area (Å²) in [5.41, 5.74) is 1.29. The van der Waals surface area contributed by atoms with Gasteiger partial charge in [0, 0.05) is 25.3 Å². The van der Waals surface area contributed by atoms with Crippen LogP contribution in [0.15, 0.2) is 42.6 Å². The zero-order valence-electron chi connectivity index (χ0n) is 11.4. The maximum absolute atomic E-state index is 12.2. The van der Waals surface area contributed by atoms with Crippen molar-refractivity contribution in [3.05, 3.63) is 48.3 Å². The van der Waals surface area contributed by atoms with E-state index in [9.17, 15) is 4.79 Å². The first-order chi connectivity index (χ1) is 10.3. The van der Waals surface area contributed by atoms with Gasteiger partial charge in [-0.2, -0.15) is 10.4 Å². The molecule has 106 valence electrons. The van der Waals surface area contributed by atoms with Gasteiger partial charge >= 0.3 is 0 Å². The molecule has 1 aromatic carbocycles. The monoisotopic (exact) mass is 281 g/mol. The van der Waals surface area contributed by atoms with Crippen LogP contribution < -0.4 is 5.32 Å². The van der Waals surface area contributed by atoms with Crippen molar-refractivity contribution in [2.75, 3.05) is 13.1 Å². The van der Waals surface area contributed by atoms with Crippen LogP contribution in [-0.2, 0) is 0 Å². The molecule has 21 heavy (non-hydrogen) atoms. The highest BCUT2D eigenvalue weighted by molar-refractivity contribution is 5.92. The molecule has 0 radical (unpaired) electrons. The standard InChI is InChI=1S/C15H15N5O/c16-11-19-8-6-12(10-19)17-15(21)14-7-9-20(18-14)13-4-2-1-3-5-13/h1-5,7,9,12H,6,8,10H2,(H,17,21)/t12-/m1/s1. The van der Waals surface area contributed by atoms with E-state index in [4.69, 9.17) is 5.26 Å². The molecule has 0 saturated carbocycles. The number of para-hydroxylation sites is 1. The molecule has 1 N–H and O–H groups in total. The number of rotatable bonds is 3. The summed E-state index contributed by atoms with van der Waals surface area (Å²) in [7, 11) is 0. The second-order valence-corrected chi connectivity index (χ2v) is 4.99. The first-order valence-electron chi connectivity index (χ1n) is 6.83. The van der Waals surface area contributed by atoms with Crippen molar-refractivity contribution >= 4 is 5.91 Å². The summed E-state index contributed by atoms with van der Waals surface area (Å²) in [4.78, 5) is 13.8. The second-order valence-electron chi connectivity index (χ2n) is 4.99. The summed E-state index contributed by atoms with van der Waals surface area (Å²) in [6, 6.07) is 11.3. The molecule has 1 aliphatic rings. The van der Waals surface area contributed by atoms with Crippen molar-refractivity contribution in [1.82, 2.24) is 20.0 Å². The van der Waals surface area contributed by atoms with Gasteiger partial charge in [0.1, 0.15) is 0 Å². The number of nitrogens with zero attached hydrogens (tertiary/aromatic N) is 4. The molecule has 0 unspecified atom stereocenters. The van der Waals surface area contributed by atoms with Crippen molar-refractivity contribution in [2.24, 2.45) is 0 Å². The highest BCUT2D eigenvalue weighted by atomic mass is 16.2. The topological polar surface area (TPSA) is 74.0 Å². The van der Waals surface area contributed by atoms with Crippen LogP contribution in [0.5, 0.6) is 0 Å². The maximum Gasteiger partial charge on any atom is 0.272 e. The van der Waals surface area contributed by atoms with Gasteiger partial charge in [0.15, 0.2) is 11.9 Å². The van der Waals surface area contributed by atoms with Gasteiger partial charge < -0.3 is 10.2 Å². The number of benzene rings is 1. The molecule has 2 aromatic rings. The van der Waals surface area contributed by atoms with Gasteiger partial charge in [-0.05, 0) is 24.6 Å². The molecule has 0 bridgehead atoms. The Morgan fingerprint density at radius 1 is 1.33 bits per heavy atom. The average Bonchev–Trinajstić information content (AvgIpc) is 3.17. The van der Waals surface area contributed by atoms with Crippen LogP contribution in [0.1, 0.15) is 16.9 Å². The van der Waals surface area contributed by atoms with Crippen molar-refractivity contribution in [3.8, 4) is 11.9 Å². The van der Waals surface area contributed by atoms with Crippen LogP contribution in [0.2, 0.25) is 0 Å². The van der Waals surface area contributed by atoms with Crippen molar-refractivity contribution in [3.63, 3.8) is 0 Å². The molecule has 0 aliphatic carbocycles. The smallest absolute Gasteiger partial charge is 0.272 e. The minimum absolute atomic E-state index is 0.0130. The van der Waals surface area contributed by atoms with Crippen LogP contribution >= 0.6 is 0 Å². The fraction of sp³-hybridized carbons (Fsp3) is 0.267. The molecule has 1 aliphatic heterocycles. The Balaban J connectivity index is 1.67. The number of hydrogen-bond acceptors (Lipinski definition) is 4. The molecule has 0 spiro atoms. The van der Waals surface area contributed by atoms with Crippen LogP contribution in [-0.4, -0.2) is 39.7 Å². The van der Waals surface area contributed by atoms with Gasteiger partial charge in [0.05, 0.1) is 5.69 Å². The van der Waals surface area contributed by atoms with Crippen LogP contribution in [0.25, 0.3) is 5.69 Å². The van der Waals surface area contributed by atoms with Crippen molar-refractivity contribution < 1.29 is 4.79 Å². The molecule has 6 heteroatoms. The van der Waals surface area contributed by atoms with E-state index in [1.54, 1.807) is 21.8 Å². The third kappa shape index (κ3) is 2.87. The van der Waals surface area contributed by atoms with E-state index >= 15 is 0 Å². The lowest BCUT2D eigenvalue weighted by molar-refractivity contribution is 0.0933. The lowest BCUT2D eigenvalue weighted by Gasteiger charge is -2.10. The molecule has 3 rings (SSSR count). The molecule has 1 saturated heterocycles. The van der Waals surface area contributed by atoms with Crippen LogP contribution in [0.3, 0.4) is 0 Å². The van der Waals surface area contributed by atoms with Gasteiger partial charge in [-0.3, -0.25) is 4.79 Å². The SMILES string of the molecule is N#CN1CC[C@@H](NC(=O)c2ccn(-c3ccccc3)n2)C1. The number of likely N-dealkylation sites (tertiary alicyclic amines) is 1. The fourth-order valence-corrected chi connectivity index (χ4v) is 2.40. The van der Waals surface area contributed by atoms with Gasteiger partial charge in [-0.15, -0.1) is 0 Å². The number of amides is 1. The molecule has 1 fully saturated rings. The quantitative estimate of drug-likeness (QED) is 0.857. The summed E-state index contributed by atoms with van der Waals surface area (Å²) in [6.07, 6.45) is 4.65. The molecular weight excluding hydrogens is 266 g/mol. The number of hydrogen-bond donors (Lipinski definition) is 1. The number of carbonyl (C=O) groups is 1. The zero-order valence-corrected chi connectivity index (χ0v) is 11.4. The Bertz CT molecular complexity index is 673. The fourth-order valence-electron chi connectivity index (χ4n) is 2.40. The highest BCUT2D eigenvalue weighted by Crippen LogP contribution is 2.10. The number of nitrogens with one attached hydrogen (secondary N) is 1. The molecule has 2 heterocycles. The van der Waals surface area contributed by atoms with Crippen LogP contribution in [0.4, 0.5) is 0 Å². The average molecular weight is 281 g/mol. The van der Waals surface area contributed by atoms with Gasteiger partial charge in [-0.1, -0.05) is 18.2 Å². The summed E-state index contributed by atoms with van der Waals surface area (Å²) >= 11 is 0. The predicted molar refractivity (Wildman–Crippen MR) is 76.6 cm³/mol. The van der Waals surface area contributed by atoms with E-state index < -0.39 is 0 Å². The van der Waals surface area contributed by atoms with Crippen molar-refractivity contribution in [2.45, 2.75) is 12.5 Å². The summed E-state index contributed by atoms with van der Waals surface area (Å²) < 4.78 is 1.67. The molecular formula is C15H15N5O. The normalized spacial score (nSPS) is 17.5. The van der Waals surface area contributed by atoms with E-state index in [1.165, 1.54) is 0 Å². The number of nitriles is 1. The van der Waals surface area contributed by atoms with E-state index in [1.807, 2.05) is 30.3 Å². The maximum atomic E-state index is 12.2. The number of aromatic nitrogens is 2. The summed E-state index contributed by atoms with van der Waals surface area (Å²) in [6.45, 7) is 1.27. The number of carbonyl (C=O) groups excluding carboxylic acids is 1. The Morgan fingerprint density at radius 3 is 2.86 bits per heavy atom. The molecule has 1 atom stereocenters. The Morgan fingerprint density at radius 2 is 2.14 bits per heavy atom. The third-order valence-electron chi connectivity index (χ3n) is 3.51. The van der Waals surface area contributed by atoms with E-state index in [0.29, 0.717) is 18.8 Å². The van der Waals surface area contributed by atoms with Crippen molar-refractivity contribution in [1.29, 1.82) is 5.26 Å². The lowest BCUT2D eigenvalue weighted by Crippen LogP contribution is -2.36. The predicted octanol–water partition coefficient (Wildman–Crippen LogP) is 1.16. The second kappa shape index (κ2) is 5.67. The van der Waals surface area contributed by atoms with E-state index in [-0.39, 0.29) is 11.9 Å². The van der Waals surface area contributed by atoms with Gasteiger partial charge in [0.2, 0.25) is 0 Å². The molecule has 1 aromatic heterocycles. The largest absolute Gasteiger partial charge is 0.346 e. The summed E-state index contributed by atoms with van der Waals surface area (Å²) in [5.74, 6) is -0.200. The molecule has 6 nitrogen and oxygen atoms in total. The molecule has 1 amide bonds. The van der Waals surface area contributed by atoms with Crippen LogP contribution in [0, 0.1) is 11.5 Å². The van der Waals surface area contributed by atoms with E-state index in [0.717, 1.165) is 12.1 Å². The lowest BCUT2D eigenvalue weighted by atomic mass is 10.2. The minimum Gasteiger partial charge on any atom is -0.346 e. The van der Waals surface area contributed by atoms with Gasteiger partial charge in [0.25, 0.3) is 5.91 Å². The third-order valence-corrected chi connectivity index (χ3v) is 3.51. The minimum atomic E-state index is -0.200. The van der Waals surface area contributed by atoms with E-state index in [2.05, 4.69) is 16.6 Å². The van der Waals surface area contributed by atoms with Gasteiger partial charge in [-0.25, -0.2) is 4.68 Å². The Hall–Kier alpha value is -2.81.